The molecule has 1 rings (SSSR count). The van der Waals surface area contributed by atoms with Crippen LogP contribution in [-0.2, 0) is 10.1 Å². The van der Waals surface area contributed by atoms with Crippen LogP contribution in [-0.4, -0.2) is 13.0 Å². The average Bonchev–Trinajstić information content (AvgIpc) is 2.56. The third-order valence-electron chi connectivity index (χ3n) is 4.70. The first-order valence-electron chi connectivity index (χ1n) is 9.54. The van der Waals surface area contributed by atoms with E-state index in [1.165, 1.54) is 75.5 Å². The van der Waals surface area contributed by atoms with Gasteiger partial charge in [-0.15, -0.1) is 0 Å². The van der Waals surface area contributed by atoms with Crippen molar-refractivity contribution in [1.29, 1.82) is 0 Å². The van der Waals surface area contributed by atoms with E-state index in [9.17, 15) is 13.0 Å². The van der Waals surface area contributed by atoms with Crippen LogP contribution >= 0.6 is 0 Å². The van der Waals surface area contributed by atoms with Gasteiger partial charge in [-0.05, 0) is 36.5 Å². The fraction of sp³-hybridized carbons (Fsp3) is 0.700. The van der Waals surface area contributed by atoms with Crippen molar-refractivity contribution >= 4 is 10.1 Å². The normalized spacial score (nSPS) is 12.6. The smallest absolute Gasteiger partial charge is 0.744 e. The number of benzene rings is 1. The van der Waals surface area contributed by atoms with Crippen molar-refractivity contribution in [1.82, 2.24) is 0 Å². The van der Waals surface area contributed by atoms with Crippen molar-refractivity contribution in [2.45, 2.75) is 95.3 Å². The molecule has 3 nitrogen and oxygen atoms in total. The number of rotatable bonds is 13. The van der Waals surface area contributed by atoms with Gasteiger partial charge >= 0.3 is 29.6 Å². The minimum Gasteiger partial charge on any atom is -0.744 e. The van der Waals surface area contributed by atoms with Crippen LogP contribution in [0.5, 0.6) is 0 Å². The van der Waals surface area contributed by atoms with Crippen LogP contribution in [0.2, 0.25) is 0 Å². The van der Waals surface area contributed by atoms with Gasteiger partial charge in [0, 0.05) is 0 Å². The largest absolute Gasteiger partial charge is 1.00 e. The molecule has 138 valence electrons. The summed E-state index contributed by atoms with van der Waals surface area (Å²) < 4.78 is 33.2. The minimum absolute atomic E-state index is 0. The molecule has 0 radical (unpaired) electrons. The molecule has 1 atom stereocenters. The summed E-state index contributed by atoms with van der Waals surface area (Å²) in [6, 6.07) is 6.59. The molecule has 0 aromatic heterocycles. The molecule has 0 saturated heterocycles. The van der Waals surface area contributed by atoms with Gasteiger partial charge in [0.1, 0.15) is 10.1 Å². The van der Waals surface area contributed by atoms with E-state index in [4.69, 9.17) is 0 Å². The predicted molar refractivity (Wildman–Crippen MR) is 99.3 cm³/mol. The quantitative estimate of drug-likeness (QED) is 0.302. The zero-order valence-electron chi connectivity index (χ0n) is 16.3. The van der Waals surface area contributed by atoms with Gasteiger partial charge in [-0.1, -0.05) is 83.8 Å². The Labute approximate surface area is 177 Å². The van der Waals surface area contributed by atoms with Gasteiger partial charge in [0.15, 0.2) is 0 Å². The van der Waals surface area contributed by atoms with Crippen molar-refractivity contribution in [3.8, 4) is 0 Å². The summed E-state index contributed by atoms with van der Waals surface area (Å²) in [5, 5.41) is 0. The number of hydrogen-bond donors (Lipinski definition) is 0. The fourth-order valence-corrected chi connectivity index (χ4v) is 3.67. The molecule has 25 heavy (non-hydrogen) atoms. The Morgan fingerprint density at radius 1 is 0.800 bits per heavy atom. The standard InChI is InChI=1S/C20H34O3S.Na/c1-3-5-7-8-9-11-13-18(12-10-6-4-2)19-14-16-20(17-15-19)24(21,22)23;/h14-18H,3-13H2,1-2H3,(H,21,22,23);/q;+1/p-1. The molecule has 1 aromatic rings. The Morgan fingerprint density at radius 3 is 1.76 bits per heavy atom. The zero-order chi connectivity index (χ0) is 17.8. The molecule has 0 N–H and O–H groups in total. The monoisotopic (exact) mass is 376 g/mol. The average molecular weight is 377 g/mol. The van der Waals surface area contributed by atoms with Gasteiger partial charge in [-0.3, -0.25) is 0 Å². The maximum absolute atomic E-state index is 11.1. The van der Waals surface area contributed by atoms with Crippen molar-refractivity contribution in [2.24, 2.45) is 0 Å². The molecule has 5 heteroatoms. The summed E-state index contributed by atoms with van der Waals surface area (Å²) in [5.41, 5.74) is 1.17. The van der Waals surface area contributed by atoms with Crippen LogP contribution < -0.4 is 29.6 Å². The van der Waals surface area contributed by atoms with Crippen LogP contribution in [0.4, 0.5) is 0 Å². The van der Waals surface area contributed by atoms with Crippen molar-refractivity contribution in [2.75, 3.05) is 0 Å². The van der Waals surface area contributed by atoms with Gasteiger partial charge in [-0.2, -0.15) is 0 Å². The molecule has 0 spiro atoms. The summed E-state index contributed by atoms with van der Waals surface area (Å²) in [7, 11) is -4.35. The van der Waals surface area contributed by atoms with E-state index in [0.29, 0.717) is 5.92 Å². The molecule has 0 fully saturated rings. The second-order valence-corrected chi connectivity index (χ2v) is 8.15. The number of unbranched alkanes of at least 4 members (excludes halogenated alkanes) is 7. The Balaban J connectivity index is 0.00000576. The molecule has 0 heterocycles. The molecular weight excluding hydrogens is 343 g/mol. The second-order valence-electron chi connectivity index (χ2n) is 6.77. The van der Waals surface area contributed by atoms with Crippen molar-refractivity contribution in [3.63, 3.8) is 0 Å². The maximum Gasteiger partial charge on any atom is 1.00 e. The first-order chi connectivity index (χ1) is 11.5. The first-order valence-corrected chi connectivity index (χ1v) is 11.0. The van der Waals surface area contributed by atoms with E-state index in [1.807, 2.05) is 12.1 Å². The van der Waals surface area contributed by atoms with E-state index in [-0.39, 0.29) is 34.5 Å². The van der Waals surface area contributed by atoms with Crippen LogP contribution in [0, 0.1) is 0 Å². The zero-order valence-corrected chi connectivity index (χ0v) is 19.1. The summed E-state index contributed by atoms with van der Waals surface area (Å²) in [6.45, 7) is 4.44. The summed E-state index contributed by atoms with van der Waals surface area (Å²) in [4.78, 5) is -0.127. The molecule has 0 bridgehead atoms. The molecule has 0 saturated carbocycles. The van der Waals surface area contributed by atoms with E-state index < -0.39 is 10.1 Å². The van der Waals surface area contributed by atoms with E-state index in [0.717, 1.165) is 12.8 Å². The summed E-state index contributed by atoms with van der Waals surface area (Å²) >= 11 is 0. The van der Waals surface area contributed by atoms with E-state index in [1.54, 1.807) is 0 Å². The molecular formula is C20H33NaO3S. The summed E-state index contributed by atoms with van der Waals surface area (Å²) in [5.74, 6) is 0.478. The van der Waals surface area contributed by atoms with Crippen LogP contribution in [0.1, 0.15) is 96.0 Å². The SMILES string of the molecule is CCCCCCCCC(CCCCC)c1ccc(S(=O)(=O)[O-])cc1.[Na+]. The van der Waals surface area contributed by atoms with E-state index in [2.05, 4.69) is 13.8 Å². The van der Waals surface area contributed by atoms with Gasteiger partial charge in [0.05, 0.1) is 4.90 Å². The third-order valence-corrected chi connectivity index (χ3v) is 5.55. The van der Waals surface area contributed by atoms with Gasteiger partial charge < -0.3 is 4.55 Å². The molecule has 0 aliphatic heterocycles. The minimum atomic E-state index is -4.35. The summed E-state index contributed by atoms with van der Waals surface area (Å²) in [6.07, 6.45) is 13.7. The predicted octanol–water partition coefficient (Wildman–Crippen LogP) is 3.01. The van der Waals surface area contributed by atoms with Gasteiger partial charge in [0.25, 0.3) is 0 Å². The van der Waals surface area contributed by atoms with Crippen LogP contribution in [0.15, 0.2) is 29.2 Å². The molecule has 0 aliphatic rings. The fourth-order valence-electron chi connectivity index (χ4n) is 3.20. The molecule has 0 amide bonds. The Morgan fingerprint density at radius 2 is 1.24 bits per heavy atom. The van der Waals surface area contributed by atoms with Crippen LogP contribution in [0.25, 0.3) is 0 Å². The first kappa shape index (κ1) is 25.1. The Bertz CT molecular complexity index is 541. The molecule has 1 aromatic carbocycles. The molecule has 0 aliphatic carbocycles. The van der Waals surface area contributed by atoms with Gasteiger partial charge in [-0.25, -0.2) is 8.42 Å². The van der Waals surface area contributed by atoms with Crippen molar-refractivity contribution < 1.29 is 42.5 Å². The van der Waals surface area contributed by atoms with Gasteiger partial charge in [0.2, 0.25) is 0 Å². The van der Waals surface area contributed by atoms with Crippen LogP contribution in [0.3, 0.4) is 0 Å². The Kier molecular flexibility index (Phi) is 14.3. The Hall–Kier alpha value is 0.130. The number of hydrogen-bond acceptors (Lipinski definition) is 3. The topological polar surface area (TPSA) is 57.2 Å². The molecule has 1 unspecified atom stereocenters. The second kappa shape index (κ2) is 14.2. The third kappa shape index (κ3) is 10.8. The van der Waals surface area contributed by atoms with Crippen molar-refractivity contribution in [3.05, 3.63) is 29.8 Å². The van der Waals surface area contributed by atoms with E-state index >= 15 is 0 Å². The maximum atomic E-state index is 11.1.